The molecule has 2 nitrogen and oxygen atoms in total. The average Bonchev–Trinajstić information content (AvgIpc) is 2.15. The summed E-state index contributed by atoms with van der Waals surface area (Å²) in [5, 5.41) is -4.39. The summed E-state index contributed by atoms with van der Waals surface area (Å²) in [7, 11) is 0. The molecule has 0 fully saturated rings. The van der Waals surface area contributed by atoms with E-state index < -0.39 is 17.1 Å². The number of ketones is 1. The lowest BCUT2D eigenvalue weighted by Crippen LogP contribution is -2.42. The minimum atomic E-state index is -5.45. The van der Waals surface area contributed by atoms with Gasteiger partial charge in [0.1, 0.15) is 0 Å². The molecule has 1 unspecified atom stereocenters. The van der Waals surface area contributed by atoms with Crippen LogP contribution in [0, 0.1) is 0 Å². The van der Waals surface area contributed by atoms with E-state index in [0.29, 0.717) is 18.8 Å². The van der Waals surface area contributed by atoms with Crippen molar-refractivity contribution in [2.45, 2.75) is 31.1 Å². The number of alkyl halides is 5. The first-order chi connectivity index (χ1) is 7.23. The monoisotopic (exact) mass is 262 g/mol. The van der Waals surface area contributed by atoms with Gasteiger partial charge in [0.2, 0.25) is 5.78 Å². The fourth-order valence-corrected chi connectivity index (χ4v) is 0.713. The Bertz CT molecular complexity index is 261. The first-order valence-corrected chi connectivity index (χ1v) is 4.88. The predicted molar refractivity (Wildman–Crippen MR) is 50.8 cm³/mol. The quantitative estimate of drug-likeness (QED) is 0.241. The second-order valence-corrected chi connectivity index (χ2v) is 3.48. The van der Waals surface area contributed by atoms with E-state index in [4.69, 9.17) is 0 Å². The van der Waals surface area contributed by atoms with Crippen LogP contribution in [0.15, 0.2) is 12.3 Å². The van der Waals surface area contributed by atoms with E-state index in [1.54, 1.807) is 0 Å². The van der Waals surface area contributed by atoms with Crippen LogP contribution in [0.5, 0.6) is 0 Å². The van der Waals surface area contributed by atoms with Crippen LogP contribution in [0.2, 0.25) is 0 Å². The zero-order valence-corrected chi connectivity index (χ0v) is 9.24. The molecule has 16 heavy (non-hydrogen) atoms. The van der Waals surface area contributed by atoms with Gasteiger partial charge < -0.3 is 4.74 Å². The highest BCUT2D eigenvalue weighted by Crippen LogP contribution is 2.38. The number of hydrogen-bond donors (Lipinski definition) is 0. The maximum atomic E-state index is 12.8. The van der Waals surface area contributed by atoms with Crippen LogP contribution in [0.25, 0.3) is 0 Å². The summed E-state index contributed by atoms with van der Waals surface area (Å²) in [5.74, 6) is -1.90. The maximum Gasteiger partial charge on any atom is 0.444 e. The van der Waals surface area contributed by atoms with Crippen LogP contribution in [0.4, 0.5) is 17.6 Å². The number of carbonyl (C=O) groups excluding carboxylic acids is 1. The molecule has 0 saturated heterocycles. The Balaban J connectivity index is 4.25. The van der Waals surface area contributed by atoms with Crippen molar-refractivity contribution in [3.05, 3.63) is 12.3 Å². The van der Waals surface area contributed by atoms with Crippen molar-refractivity contribution in [2.75, 3.05) is 6.61 Å². The number of rotatable bonds is 6. The van der Waals surface area contributed by atoms with Crippen molar-refractivity contribution in [3.8, 4) is 0 Å². The summed E-state index contributed by atoms with van der Waals surface area (Å²) in [6.45, 7) is 2.13. The van der Waals surface area contributed by atoms with Gasteiger partial charge in [0.05, 0.1) is 12.9 Å². The van der Waals surface area contributed by atoms with Gasteiger partial charge in [-0.15, -0.1) is 0 Å². The van der Waals surface area contributed by atoms with E-state index >= 15 is 0 Å². The van der Waals surface area contributed by atoms with Gasteiger partial charge in [-0.1, -0.05) is 24.9 Å². The highest BCUT2D eigenvalue weighted by Gasteiger charge is 2.59. The molecule has 0 rings (SSSR count). The molecular weight excluding hydrogens is 252 g/mol. The first kappa shape index (κ1) is 15.2. The Morgan fingerprint density at radius 3 is 2.38 bits per heavy atom. The average molecular weight is 263 g/mol. The smallest absolute Gasteiger partial charge is 0.444 e. The summed E-state index contributed by atoms with van der Waals surface area (Å²) in [6.07, 6.45) is -2.90. The van der Waals surface area contributed by atoms with Crippen LogP contribution in [-0.2, 0) is 9.53 Å². The van der Waals surface area contributed by atoms with Crippen molar-refractivity contribution in [3.63, 3.8) is 0 Å². The summed E-state index contributed by atoms with van der Waals surface area (Å²) < 4.78 is 53.1. The van der Waals surface area contributed by atoms with Crippen LogP contribution >= 0.6 is 11.6 Å². The molecule has 0 aliphatic carbocycles. The van der Waals surface area contributed by atoms with Gasteiger partial charge in [-0.25, -0.2) is 4.39 Å². The largest absolute Gasteiger partial charge is 0.501 e. The van der Waals surface area contributed by atoms with Gasteiger partial charge in [-0.2, -0.15) is 13.2 Å². The Labute approximate surface area is 95.2 Å². The van der Waals surface area contributed by atoms with Crippen LogP contribution in [0.3, 0.4) is 0 Å². The summed E-state index contributed by atoms with van der Waals surface area (Å²) >= 11 is 4.45. The highest BCUT2D eigenvalue weighted by atomic mass is 35.5. The minimum absolute atomic E-state index is 0.244. The fraction of sp³-hybridized carbons (Fsp3) is 0.667. The molecule has 0 amide bonds. The van der Waals surface area contributed by atoms with Crippen molar-refractivity contribution >= 4 is 17.4 Å². The standard InChI is InChI=1S/C9H11ClF4O2/c1-2-3-5-16-6-4-7(15)8(10,11)9(12,13)14/h4,6H,2-3,5H2,1H3/b6-4+. The molecular formula is C9H11ClF4O2. The molecule has 7 heteroatoms. The second kappa shape index (κ2) is 6.08. The number of allylic oxidation sites excluding steroid dienone is 1. The van der Waals surface area contributed by atoms with E-state index in [2.05, 4.69) is 16.3 Å². The minimum Gasteiger partial charge on any atom is -0.501 e. The lowest BCUT2D eigenvalue weighted by Gasteiger charge is -2.17. The molecule has 1 atom stereocenters. The molecule has 0 aromatic carbocycles. The third kappa shape index (κ3) is 4.38. The number of halogens is 5. The third-order valence-electron chi connectivity index (χ3n) is 1.60. The SMILES string of the molecule is CCCCO/C=C/C(=O)C(F)(Cl)C(F)(F)F. The Hall–Kier alpha value is -0.780. The number of unbranched alkanes of at least 4 members (excludes halogenated alkanes) is 1. The van der Waals surface area contributed by atoms with Gasteiger partial charge in [0.25, 0.3) is 0 Å². The van der Waals surface area contributed by atoms with Gasteiger partial charge in [-0.3, -0.25) is 4.79 Å². The molecule has 0 aromatic heterocycles. The molecule has 0 heterocycles. The molecule has 0 N–H and O–H groups in total. The molecule has 94 valence electrons. The van der Waals surface area contributed by atoms with Gasteiger partial charge in [0.15, 0.2) is 0 Å². The van der Waals surface area contributed by atoms with Crippen molar-refractivity contribution in [1.29, 1.82) is 0 Å². The Kier molecular flexibility index (Phi) is 5.78. The first-order valence-electron chi connectivity index (χ1n) is 4.50. The third-order valence-corrected chi connectivity index (χ3v) is 2.00. The molecule has 0 bridgehead atoms. The topological polar surface area (TPSA) is 26.3 Å². The van der Waals surface area contributed by atoms with Crippen LogP contribution < -0.4 is 0 Å². The lowest BCUT2D eigenvalue weighted by molar-refractivity contribution is -0.196. The predicted octanol–water partition coefficient (Wildman–Crippen LogP) is 3.35. The zero-order valence-electron chi connectivity index (χ0n) is 8.48. The number of carbonyl (C=O) groups is 1. The second-order valence-electron chi connectivity index (χ2n) is 2.96. The van der Waals surface area contributed by atoms with Crippen molar-refractivity contribution in [1.82, 2.24) is 0 Å². The summed E-state index contributed by atoms with van der Waals surface area (Å²) in [4.78, 5) is 10.8. The highest BCUT2D eigenvalue weighted by molar-refractivity contribution is 6.36. The fourth-order valence-electron chi connectivity index (χ4n) is 0.650. The van der Waals surface area contributed by atoms with E-state index in [9.17, 15) is 22.4 Å². The van der Waals surface area contributed by atoms with Gasteiger partial charge in [-0.05, 0) is 6.42 Å². The summed E-state index contributed by atoms with van der Waals surface area (Å²) in [5.41, 5.74) is 0. The number of ether oxygens (including phenoxy) is 1. The normalized spacial score (nSPS) is 16.1. The Morgan fingerprint density at radius 2 is 1.94 bits per heavy atom. The van der Waals surface area contributed by atoms with Gasteiger partial charge in [0, 0.05) is 6.08 Å². The van der Waals surface area contributed by atoms with E-state index in [1.165, 1.54) is 0 Å². The maximum absolute atomic E-state index is 12.8. The van der Waals surface area contributed by atoms with E-state index in [0.717, 1.165) is 6.42 Å². The molecule has 0 spiro atoms. The summed E-state index contributed by atoms with van der Waals surface area (Å²) in [6, 6.07) is 0. The van der Waals surface area contributed by atoms with Crippen molar-refractivity contribution in [2.24, 2.45) is 0 Å². The van der Waals surface area contributed by atoms with E-state index in [-0.39, 0.29) is 6.61 Å². The van der Waals surface area contributed by atoms with E-state index in [1.807, 2.05) is 6.92 Å². The zero-order chi connectivity index (χ0) is 12.8. The number of hydrogen-bond acceptors (Lipinski definition) is 2. The molecule has 0 aromatic rings. The molecule has 0 radical (unpaired) electrons. The van der Waals surface area contributed by atoms with Crippen LogP contribution in [-0.4, -0.2) is 23.7 Å². The van der Waals surface area contributed by atoms with Crippen LogP contribution in [0.1, 0.15) is 19.8 Å². The molecule has 0 aliphatic rings. The molecule has 0 aliphatic heterocycles. The van der Waals surface area contributed by atoms with Gasteiger partial charge >= 0.3 is 11.3 Å². The lowest BCUT2D eigenvalue weighted by atomic mass is 10.2. The van der Waals surface area contributed by atoms with Crippen molar-refractivity contribution < 1.29 is 27.1 Å². The molecule has 0 saturated carbocycles. The Morgan fingerprint density at radius 1 is 1.38 bits per heavy atom.